The van der Waals surface area contributed by atoms with Gasteiger partial charge in [0.15, 0.2) is 0 Å². The molecule has 2 aromatic carbocycles. The molecule has 45 heavy (non-hydrogen) atoms. The van der Waals surface area contributed by atoms with Crippen molar-refractivity contribution in [3.8, 4) is 22.9 Å². The van der Waals surface area contributed by atoms with E-state index in [4.69, 9.17) is 27.9 Å². The minimum atomic E-state index is -4.86. The van der Waals surface area contributed by atoms with Crippen molar-refractivity contribution in [2.75, 3.05) is 12.9 Å². The van der Waals surface area contributed by atoms with E-state index in [1.54, 1.807) is 30.3 Å². The maximum absolute atomic E-state index is 13.5. The fourth-order valence-corrected chi connectivity index (χ4v) is 6.61. The SMILES string of the molecule is Cc1nc2cc(C(F)(F)F)c(Cl)c(C#N)c2c(=O)n1CCOc1ccc(Cl)cc1-c1ccnc2c(C(=O)NS(C)(=O)=O)csc12. The molecule has 5 aromatic rings. The lowest BCUT2D eigenvalue weighted by Gasteiger charge is -2.16. The van der Waals surface area contributed by atoms with E-state index in [0.717, 1.165) is 17.6 Å². The summed E-state index contributed by atoms with van der Waals surface area (Å²) >= 11 is 13.3. The zero-order valence-electron chi connectivity index (χ0n) is 23.0. The number of aryl methyl sites for hydroxylation is 1. The van der Waals surface area contributed by atoms with Crippen LogP contribution >= 0.6 is 34.5 Å². The molecule has 0 unspecified atom stereocenters. The van der Waals surface area contributed by atoms with Crippen LogP contribution in [0.1, 0.15) is 27.3 Å². The van der Waals surface area contributed by atoms with Crippen LogP contribution in [0.2, 0.25) is 10.0 Å². The molecule has 0 aliphatic rings. The first-order valence-corrected chi connectivity index (χ1v) is 16.2. The van der Waals surface area contributed by atoms with Crippen LogP contribution in [0.3, 0.4) is 0 Å². The van der Waals surface area contributed by atoms with Crippen LogP contribution in [0.4, 0.5) is 13.2 Å². The first kappa shape index (κ1) is 32.2. The summed E-state index contributed by atoms with van der Waals surface area (Å²) in [7, 11) is -3.81. The van der Waals surface area contributed by atoms with Crippen LogP contribution in [0.15, 0.2) is 46.7 Å². The highest BCUT2D eigenvalue weighted by molar-refractivity contribution is 7.89. The van der Waals surface area contributed by atoms with Gasteiger partial charge in [0, 0.05) is 27.7 Å². The highest BCUT2D eigenvalue weighted by atomic mass is 35.5. The van der Waals surface area contributed by atoms with Crippen LogP contribution in [0.5, 0.6) is 5.75 Å². The molecule has 5 rings (SSSR count). The molecule has 0 radical (unpaired) electrons. The Kier molecular flexibility index (Phi) is 8.53. The molecular weight excluding hydrogens is 678 g/mol. The lowest BCUT2D eigenvalue weighted by atomic mass is 10.0. The fraction of sp³-hybridized carbons (Fsp3) is 0.179. The fourth-order valence-electron chi connectivity index (χ4n) is 4.66. The maximum Gasteiger partial charge on any atom is 0.417 e. The molecule has 17 heteroatoms. The van der Waals surface area contributed by atoms with E-state index < -0.39 is 43.8 Å². The predicted molar refractivity (Wildman–Crippen MR) is 163 cm³/mol. The largest absolute Gasteiger partial charge is 0.491 e. The Bertz CT molecular complexity index is 2250. The number of fused-ring (bicyclic) bond motifs is 2. The topological polar surface area (TPSA) is 144 Å². The smallest absolute Gasteiger partial charge is 0.417 e. The van der Waals surface area contributed by atoms with E-state index in [-0.39, 0.29) is 41.0 Å². The second-order valence-electron chi connectivity index (χ2n) is 9.61. The third-order valence-electron chi connectivity index (χ3n) is 6.57. The van der Waals surface area contributed by atoms with E-state index in [2.05, 4.69) is 9.97 Å². The number of pyridine rings is 1. The summed E-state index contributed by atoms with van der Waals surface area (Å²) in [5, 5.41) is 10.2. The van der Waals surface area contributed by atoms with Crippen LogP contribution in [0.25, 0.3) is 32.2 Å². The molecular formula is C28H18Cl2F3N5O5S2. The van der Waals surface area contributed by atoms with E-state index >= 15 is 0 Å². The highest BCUT2D eigenvalue weighted by Gasteiger charge is 2.36. The summed E-state index contributed by atoms with van der Waals surface area (Å²) in [6.07, 6.45) is -2.56. The van der Waals surface area contributed by atoms with Gasteiger partial charge in [-0.1, -0.05) is 23.2 Å². The average molecular weight is 697 g/mol. The minimum Gasteiger partial charge on any atom is -0.491 e. The number of amides is 1. The van der Waals surface area contributed by atoms with Crippen molar-refractivity contribution in [2.45, 2.75) is 19.6 Å². The number of nitriles is 1. The monoisotopic (exact) mass is 695 g/mol. The standard InChI is InChI=1S/C28H18Cl2F3N5O5S2/c1-13-36-20-10-19(28(31,32)33)23(30)17(11-34)22(20)27(40)38(13)7-8-43-21-4-3-14(29)9-16(21)15-5-6-35-24-18(12-44-25(15)24)26(39)37-45(2,41)42/h3-6,9-10,12H,7-8H2,1-2H3,(H,37,39). The quantitative estimate of drug-likeness (QED) is 0.220. The summed E-state index contributed by atoms with van der Waals surface area (Å²) in [6.45, 7) is 1.23. The summed E-state index contributed by atoms with van der Waals surface area (Å²) in [4.78, 5) is 34.3. The maximum atomic E-state index is 13.5. The Hall–Kier alpha value is -4.23. The van der Waals surface area contributed by atoms with Crippen LogP contribution < -0.4 is 15.0 Å². The predicted octanol–water partition coefficient (Wildman–Crippen LogP) is 5.95. The first-order valence-electron chi connectivity index (χ1n) is 12.6. The first-order chi connectivity index (χ1) is 21.1. The van der Waals surface area contributed by atoms with Gasteiger partial charge in [0.1, 0.15) is 24.3 Å². The van der Waals surface area contributed by atoms with Gasteiger partial charge in [-0.15, -0.1) is 11.3 Å². The van der Waals surface area contributed by atoms with E-state index in [1.165, 1.54) is 23.1 Å². The van der Waals surface area contributed by atoms with Gasteiger partial charge < -0.3 is 4.74 Å². The number of nitrogens with zero attached hydrogens (tertiary/aromatic N) is 4. The molecule has 3 aromatic heterocycles. The van der Waals surface area contributed by atoms with Crippen molar-refractivity contribution in [1.82, 2.24) is 19.3 Å². The Labute approximate surface area is 266 Å². The number of benzene rings is 2. The van der Waals surface area contributed by atoms with E-state index in [0.29, 0.717) is 32.7 Å². The number of nitrogens with one attached hydrogen (secondary N) is 1. The van der Waals surface area contributed by atoms with Crippen LogP contribution in [-0.2, 0) is 22.7 Å². The molecule has 0 spiro atoms. The van der Waals surface area contributed by atoms with Crippen molar-refractivity contribution in [1.29, 1.82) is 5.26 Å². The lowest BCUT2D eigenvalue weighted by Crippen LogP contribution is -2.29. The lowest BCUT2D eigenvalue weighted by molar-refractivity contribution is -0.137. The summed E-state index contributed by atoms with van der Waals surface area (Å²) in [5.74, 6) is -0.421. The van der Waals surface area contributed by atoms with Gasteiger partial charge >= 0.3 is 6.18 Å². The molecule has 0 aliphatic carbocycles. The molecule has 1 amide bonds. The minimum absolute atomic E-state index is 0.0598. The number of halogens is 5. The number of hydrogen-bond donors (Lipinski definition) is 1. The Morgan fingerprint density at radius 1 is 1.20 bits per heavy atom. The second-order valence-corrected chi connectivity index (χ2v) is 13.1. The Morgan fingerprint density at radius 3 is 2.60 bits per heavy atom. The number of aromatic nitrogens is 3. The van der Waals surface area contributed by atoms with Crippen LogP contribution in [0, 0.1) is 18.3 Å². The molecule has 3 heterocycles. The van der Waals surface area contributed by atoms with Crippen LogP contribution in [-0.4, -0.2) is 41.7 Å². The van der Waals surface area contributed by atoms with E-state index in [9.17, 15) is 36.4 Å². The number of carbonyl (C=O) groups excluding carboxylic acids is 1. The van der Waals surface area contributed by atoms with Crippen molar-refractivity contribution in [3.05, 3.63) is 84.8 Å². The second kappa shape index (κ2) is 11.9. The number of hydrogen-bond acceptors (Lipinski definition) is 9. The van der Waals surface area contributed by atoms with Crippen molar-refractivity contribution < 1.29 is 31.1 Å². The average Bonchev–Trinajstić information content (AvgIpc) is 3.39. The van der Waals surface area contributed by atoms with Gasteiger partial charge in [-0.25, -0.2) is 18.1 Å². The molecule has 0 atom stereocenters. The Morgan fingerprint density at radius 2 is 1.93 bits per heavy atom. The summed E-state index contributed by atoms with van der Waals surface area (Å²) in [5.41, 5.74) is -1.57. The van der Waals surface area contributed by atoms with Gasteiger partial charge in [0.2, 0.25) is 10.0 Å². The number of carbonyl (C=O) groups is 1. The third-order valence-corrected chi connectivity index (χ3v) is 8.76. The van der Waals surface area contributed by atoms with E-state index in [1.807, 2.05) is 4.72 Å². The highest BCUT2D eigenvalue weighted by Crippen LogP contribution is 2.40. The van der Waals surface area contributed by atoms with Gasteiger partial charge in [-0.3, -0.25) is 19.1 Å². The molecule has 232 valence electrons. The third kappa shape index (κ3) is 6.32. The number of rotatable bonds is 7. The molecule has 0 bridgehead atoms. The molecule has 0 aliphatic heterocycles. The van der Waals surface area contributed by atoms with Crippen molar-refractivity contribution in [3.63, 3.8) is 0 Å². The molecule has 10 nitrogen and oxygen atoms in total. The van der Waals surface area contributed by atoms with Gasteiger partial charge in [-0.2, -0.15) is 18.4 Å². The van der Waals surface area contributed by atoms with Crippen molar-refractivity contribution in [2.24, 2.45) is 0 Å². The van der Waals surface area contributed by atoms with Gasteiger partial charge in [0.05, 0.1) is 55.6 Å². The Balaban J connectivity index is 1.49. The molecule has 0 saturated carbocycles. The zero-order chi connectivity index (χ0) is 32.8. The molecule has 0 fully saturated rings. The van der Waals surface area contributed by atoms with Crippen molar-refractivity contribution >= 4 is 71.6 Å². The zero-order valence-corrected chi connectivity index (χ0v) is 26.1. The molecule has 1 N–H and O–H groups in total. The number of ether oxygens (including phenoxy) is 1. The summed E-state index contributed by atoms with van der Waals surface area (Å²) in [6, 6.07) is 8.70. The molecule has 0 saturated heterocycles. The number of thiophene rings is 1. The van der Waals surface area contributed by atoms with Gasteiger partial charge in [0.25, 0.3) is 11.5 Å². The number of sulfonamides is 1. The normalized spacial score (nSPS) is 12.0. The van der Waals surface area contributed by atoms with Gasteiger partial charge in [-0.05, 0) is 37.3 Å². The summed E-state index contributed by atoms with van der Waals surface area (Å²) < 4.78 is 73.3. The number of alkyl halides is 3.